The number of benzene rings is 1. The molecule has 3 N–H and O–H groups in total. The van der Waals surface area contributed by atoms with Crippen LogP contribution in [0, 0.1) is 0 Å². The van der Waals surface area contributed by atoms with E-state index in [1.165, 1.54) is 0 Å². The van der Waals surface area contributed by atoms with Gasteiger partial charge in [0.2, 0.25) is 5.91 Å². The van der Waals surface area contributed by atoms with Gasteiger partial charge in [0.15, 0.2) is 0 Å². The number of halogens is 1. The standard InChI is InChI=1S/C11H9BrN2O5/c12-6-1-5(4-19-11(18)10(16)17)9-7(2-6)13-3-8(15)14-9/h1-2,13H,3-4H2,(H,14,15)(H,16,17). The fourth-order valence-corrected chi connectivity index (χ4v) is 2.13. The largest absolute Gasteiger partial charge is 0.473 e. The highest BCUT2D eigenvalue weighted by Crippen LogP contribution is 2.33. The van der Waals surface area contributed by atoms with Gasteiger partial charge in [-0.1, -0.05) is 15.9 Å². The first-order valence-corrected chi connectivity index (χ1v) is 6.03. The first-order valence-electron chi connectivity index (χ1n) is 5.23. The lowest BCUT2D eigenvalue weighted by molar-refractivity contribution is -0.164. The number of carbonyl (C=O) groups excluding carboxylic acids is 2. The molecule has 0 atom stereocenters. The highest BCUT2D eigenvalue weighted by Gasteiger charge is 2.20. The van der Waals surface area contributed by atoms with Crippen molar-refractivity contribution in [1.82, 2.24) is 0 Å². The zero-order valence-electron chi connectivity index (χ0n) is 9.53. The molecule has 100 valence electrons. The molecule has 19 heavy (non-hydrogen) atoms. The molecule has 0 aliphatic carbocycles. The minimum atomic E-state index is -1.66. The molecule has 1 aromatic carbocycles. The Bertz CT molecular complexity index is 572. The molecule has 1 heterocycles. The molecule has 2 rings (SSSR count). The van der Waals surface area contributed by atoms with Gasteiger partial charge in [-0.25, -0.2) is 9.59 Å². The molecule has 1 aromatic rings. The minimum absolute atomic E-state index is 0.151. The lowest BCUT2D eigenvalue weighted by Crippen LogP contribution is -2.28. The molecule has 1 amide bonds. The highest BCUT2D eigenvalue weighted by atomic mass is 79.9. The van der Waals surface area contributed by atoms with Gasteiger partial charge in [0.05, 0.1) is 17.9 Å². The summed E-state index contributed by atoms with van der Waals surface area (Å²) in [6.45, 7) is -0.0906. The second-order valence-corrected chi connectivity index (χ2v) is 4.69. The van der Waals surface area contributed by atoms with Crippen LogP contribution in [-0.2, 0) is 25.7 Å². The summed E-state index contributed by atoms with van der Waals surface area (Å²) < 4.78 is 5.33. The summed E-state index contributed by atoms with van der Waals surface area (Å²) in [5.74, 6) is -3.23. The zero-order chi connectivity index (χ0) is 14.0. The number of carboxylic acid groups (broad SMARTS) is 1. The number of anilines is 2. The molecular weight excluding hydrogens is 320 g/mol. The number of nitrogens with one attached hydrogen (secondary N) is 2. The summed E-state index contributed by atoms with van der Waals surface area (Å²) in [6, 6.07) is 3.40. The molecule has 0 saturated carbocycles. The van der Waals surface area contributed by atoms with Gasteiger partial charge < -0.3 is 20.5 Å². The predicted molar refractivity (Wildman–Crippen MR) is 68.7 cm³/mol. The van der Waals surface area contributed by atoms with Crippen LogP contribution < -0.4 is 10.6 Å². The van der Waals surface area contributed by atoms with Gasteiger partial charge in [-0.2, -0.15) is 0 Å². The molecule has 0 aromatic heterocycles. The molecule has 0 saturated heterocycles. The summed E-state index contributed by atoms with van der Waals surface area (Å²) in [4.78, 5) is 32.6. The van der Waals surface area contributed by atoms with Crippen LogP contribution in [0.4, 0.5) is 11.4 Å². The van der Waals surface area contributed by atoms with E-state index in [2.05, 4.69) is 31.3 Å². The number of esters is 1. The van der Waals surface area contributed by atoms with Gasteiger partial charge in [0.25, 0.3) is 0 Å². The van der Waals surface area contributed by atoms with Crippen LogP contribution in [0.25, 0.3) is 0 Å². The number of aliphatic carboxylic acids is 1. The number of hydrogen-bond acceptors (Lipinski definition) is 5. The van der Waals surface area contributed by atoms with E-state index in [-0.39, 0.29) is 19.1 Å². The maximum absolute atomic E-state index is 11.3. The van der Waals surface area contributed by atoms with E-state index in [0.717, 1.165) is 4.47 Å². The van der Waals surface area contributed by atoms with Gasteiger partial charge in [0.1, 0.15) is 6.61 Å². The van der Waals surface area contributed by atoms with Gasteiger partial charge in [-0.05, 0) is 12.1 Å². The number of carboxylic acids is 1. The second kappa shape index (κ2) is 5.27. The van der Waals surface area contributed by atoms with Crippen molar-refractivity contribution in [2.75, 3.05) is 17.2 Å². The maximum atomic E-state index is 11.3. The summed E-state index contributed by atoms with van der Waals surface area (Å²) in [5.41, 5.74) is 1.66. The Morgan fingerprint density at radius 2 is 2.16 bits per heavy atom. The zero-order valence-corrected chi connectivity index (χ0v) is 11.1. The Balaban J connectivity index is 2.24. The summed E-state index contributed by atoms with van der Waals surface area (Å²) in [6.07, 6.45) is 0. The van der Waals surface area contributed by atoms with Crippen molar-refractivity contribution in [2.24, 2.45) is 0 Å². The van der Waals surface area contributed by atoms with Crippen molar-refractivity contribution in [2.45, 2.75) is 6.61 Å². The molecule has 1 aliphatic heterocycles. The number of rotatable bonds is 2. The Hall–Kier alpha value is -2.09. The van der Waals surface area contributed by atoms with E-state index < -0.39 is 11.9 Å². The second-order valence-electron chi connectivity index (χ2n) is 3.77. The third-order valence-corrected chi connectivity index (χ3v) is 2.88. The smallest absolute Gasteiger partial charge is 0.417 e. The monoisotopic (exact) mass is 328 g/mol. The molecule has 0 radical (unpaired) electrons. The number of ether oxygens (including phenoxy) is 1. The summed E-state index contributed by atoms with van der Waals surface area (Å²) >= 11 is 3.28. The van der Waals surface area contributed by atoms with Gasteiger partial charge in [-0.3, -0.25) is 4.79 Å². The first kappa shape index (κ1) is 13.3. The van der Waals surface area contributed by atoms with E-state index in [9.17, 15) is 14.4 Å². The van der Waals surface area contributed by atoms with Crippen LogP contribution in [0.3, 0.4) is 0 Å². The lowest BCUT2D eigenvalue weighted by Gasteiger charge is -2.22. The number of amides is 1. The molecule has 0 fully saturated rings. The lowest BCUT2D eigenvalue weighted by atomic mass is 10.1. The molecule has 0 bridgehead atoms. The third-order valence-electron chi connectivity index (χ3n) is 2.42. The van der Waals surface area contributed by atoms with Gasteiger partial charge in [0, 0.05) is 10.0 Å². The molecular formula is C11H9BrN2O5. The van der Waals surface area contributed by atoms with Crippen LogP contribution in [0.5, 0.6) is 0 Å². The Labute approximate surface area is 116 Å². The number of carbonyl (C=O) groups is 3. The van der Waals surface area contributed by atoms with Crippen LogP contribution in [0.2, 0.25) is 0 Å². The predicted octanol–water partition coefficient (Wildman–Crippen LogP) is 0.941. The average molecular weight is 329 g/mol. The van der Waals surface area contributed by atoms with Crippen LogP contribution in [-0.4, -0.2) is 29.5 Å². The minimum Gasteiger partial charge on any atom is -0.473 e. The van der Waals surface area contributed by atoms with Crippen molar-refractivity contribution in [3.8, 4) is 0 Å². The molecule has 7 nitrogen and oxygen atoms in total. The van der Waals surface area contributed by atoms with E-state index in [1.807, 2.05) is 0 Å². The topological polar surface area (TPSA) is 105 Å². The van der Waals surface area contributed by atoms with E-state index in [0.29, 0.717) is 16.9 Å². The van der Waals surface area contributed by atoms with Crippen molar-refractivity contribution in [1.29, 1.82) is 0 Å². The van der Waals surface area contributed by atoms with Gasteiger partial charge in [-0.15, -0.1) is 0 Å². The molecule has 1 aliphatic rings. The Kier molecular flexibility index (Phi) is 3.70. The van der Waals surface area contributed by atoms with Crippen molar-refractivity contribution < 1.29 is 24.2 Å². The van der Waals surface area contributed by atoms with Crippen molar-refractivity contribution >= 4 is 45.2 Å². The van der Waals surface area contributed by atoms with Crippen LogP contribution >= 0.6 is 15.9 Å². The Morgan fingerprint density at radius 3 is 2.84 bits per heavy atom. The fourth-order valence-electron chi connectivity index (χ4n) is 1.63. The van der Waals surface area contributed by atoms with Crippen LogP contribution in [0.15, 0.2) is 16.6 Å². The average Bonchev–Trinajstić information content (AvgIpc) is 2.36. The molecule has 0 unspecified atom stereocenters. The van der Waals surface area contributed by atoms with Crippen LogP contribution in [0.1, 0.15) is 5.56 Å². The maximum Gasteiger partial charge on any atom is 0.417 e. The van der Waals surface area contributed by atoms with E-state index in [1.54, 1.807) is 12.1 Å². The van der Waals surface area contributed by atoms with Crippen molar-refractivity contribution in [3.63, 3.8) is 0 Å². The summed E-state index contributed by atoms with van der Waals surface area (Å²) in [5, 5.41) is 14.0. The Morgan fingerprint density at radius 1 is 1.42 bits per heavy atom. The molecule has 8 heteroatoms. The van der Waals surface area contributed by atoms with Gasteiger partial charge >= 0.3 is 11.9 Å². The fraction of sp³-hybridized carbons (Fsp3) is 0.182. The van der Waals surface area contributed by atoms with E-state index >= 15 is 0 Å². The first-order chi connectivity index (χ1) is 8.97. The molecule has 0 spiro atoms. The van der Waals surface area contributed by atoms with E-state index in [4.69, 9.17) is 5.11 Å². The highest BCUT2D eigenvalue weighted by molar-refractivity contribution is 9.10. The quantitative estimate of drug-likeness (QED) is 0.551. The number of fused-ring (bicyclic) bond motifs is 1. The summed E-state index contributed by atoms with van der Waals surface area (Å²) in [7, 11) is 0. The number of hydrogen-bond donors (Lipinski definition) is 3. The SMILES string of the molecule is O=C1CNc2cc(Br)cc(COC(=O)C(=O)O)c2N1. The normalized spacial score (nSPS) is 13.0. The van der Waals surface area contributed by atoms with Crippen molar-refractivity contribution in [3.05, 3.63) is 22.2 Å². The third kappa shape index (κ3) is 3.02.